The highest BCUT2D eigenvalue weighted by Gasteiger charge is 2.19. The second kappa shape index (κ2) is 5.73. The number of nitrogens with one attached hydrogen (secondary N) is 1. The Morgan fingerprint density at radius 2 is 2.20 bits per heavy atom. The van der Waals surface area contributed by atoms with E-state index in [1.807, 2.05) is 6.07 Å². The van der Waals surface area contributed by atoms with E-state index in [0.717, 1.165) is 43.2 Å². The van der Waals surface area contributed by atoms with Gasteiger partial charge in [0.25, 0.3) is 0 Å². The molecular formula is C15H18FN3O. The average Bonchev–Trinajstić information content (AvgIpc) is 2.91. The molecule has 0 saturated carbocycles. The molecule has 1 fully saturated rings. The van der Waals surface area contributed by atoms with Crippen LogP contribution in [-0.4, -0.2) is 35.7 Å². The standard InChI is InChI=1S/C15H18FN3O/c1-11-9-17-6-7-19(11)10-14-8-15(18-20-14)12-2-4-13(16)5-3-12/h2-5,8,11,17H,6-7,9-10H2,1H3/t11-/m1/s1. The molecule has 3 rings (SSSR count). The molecule has 4 nitrogen and oxygen atoms in total. The monoisotopic (exact) mass is 275 g/mol. The van der Waals surface area contributed by atoms with Gasteiger partial charge in [0.15, 0.2) is 5.76 Å². The fourth-order valence-electron chi connectivity index (χ4n) is 2.46. The van der Waals surface area contributed by atoms with Crippen molar-refractivity contribution in [1.29, 1.82) is 0 Å². The second-order valence-corrected chi connectivity index (χ2v) is 5.21. The molecule has 0 amide bonds. The Morgan fingerprint density at radius 3 is 2.95 bits per heavy atom. The maximum absolute atomic E-state index is 12.9. The third kappa shape index (κ3) is 2.89. The van der Waals surface area contributed by atoms with Gasteiger partial charge in [-0.25, -0.2) is 4.39 Å². The zero-order chi connectivity index (χ0) is 13.9. The molecule has 1 aromatic carbocycles. The van der Waals surface area contributed by atoms with Gasteiger partial charge in [-0.1, -0.05) is 5.16 Å². The molecule has 0 unspecified atom stereocenters. The number of halogens is 1. The first-order valence-electron chi connectivity index (χ1n) is 6.88. The number of piperazine rings is 1. The Hall–Kier alpha value is -1.72. The van der Waals surface area contributed by atoms with Crippen LogP contribution in [0, 0.1) is 5.82 Å². The van der Waals surface area contributed by atoms with E-state index in [9.17, 15) is 4.39 Å². The highest BCUT2D eigenvalue weighted by atomic mass is 19.1. The topological polar surface area (TPSA) is 41.3 Å². The van der Waals surface area contributed by atoms with Gasteiger partial charge < -0.3 is 9.84 Å². The van der Waals surface area contributed by atoms with Crippen molar-refractivity contribution in [2.45, 2.75) is 19.5 Å². The number of hydrogen-bond donors (Lipinski definition) is 1. The molecule has 1 N–H and O–H groups in total. The van der Waals surface area contributed by atoms with E-state index in [0.29, 0.717) is 6.04 Å². The van der Waals surface area contributed by atoms with E-state index in [-0.39, 0.29) is 5.82 Å². The molecule has 1 aliphatic heterocycles. The van der Waals surface area contributed by atoms with Gasteiger partial charge in [0.2, 0.25) is 0 Å². The number of hydrogen-bond acceptors (Lipinski definition) is 4. The molecule has 5 heteroatoms. The Morgan fingerprint density at radius 1 is 1.40 bits per heavy atom. The summed E-state index contributed by atoms with van der Waals surface area (Å²) in [5.41, 5.74) is 1.62. The van der Waals surface area contributed by atoms with Crippen LogP contribution in [0.5, 0.6) is 0 Å². The predicted molar refractivity (Wildman–Crippen MR) is 74.6 cm³/mol. The zero-order valence-corrected chi connectivity index (χ0v) is 11.5. The quantitative estimate of drug-likeness (QED) is 0.933. The van der Waals surface area contributed by atoms with Gasteiger partial charge in [-0.2, -0.15) is 0 Å². The number of benzene rings is 1. The maximum Gasteiger partial charge on any atom is 0.151 e. The van der Waals surface area contributed by atoms with Crippen molar-refractivity contribution < 1.29 is 8.91 Å². The first-order valence-corrected chi connectivity index (χ1v) is 6.88. The largest absolute Gasteiger partial charge is 0.359 e. The normalized spacial score (nSPS) is 20.2. The van der Waals surface area contributed by atoms with E-state index < -0.39 is 0 Å². The summed E-state index contributed by atoms with van der Waals surface area (Å²) >= 11 is 0. The summed E-state index contributed by atoms with van der Waals surface area (Å²) in [7, 11) is 0. The average molecular weight is 275 g/mol. The zero-order valence-electron chi connectivity index (χ0n) is 11.5. The summed E-state index contributed by atoms with van der Waals surface area (Å²) in [4.78, 5) is 2.37. The molecule has 20 heavy (non-hydrogen) atoms. The van der Waals surface area contributed by atoms with E-state index in [1.165, 1.54) is 12.1 Å². The molecule has 2 aromatic rings. The second-order valence-electron chi connectivity index (χ2n) is 5.21. The third-order valence-corrected chi connectivity index (χ3v) is 3.70. The summed E-state index contributed by atoms with van der Waals surface area (Å²) in [6, 6.07) is 8.71. The Kier molecular flexibility index (Phi) is 3.80. The van der Waals surface area contributed by atoms with E-state index in [2.05, 4.69) is 22.3 Å². The lowest BCUT2D eigenvalue weighted by molar-refractivity contribution is 0.149. The lowest BCUT2D eigenvalue weighted by Gasteiger charge is -2.32. The van der Waals surface area contributed by atoms with Crippen molar-refractivity contribution in [2.75, 3.05) is 19.6 Å². The molecule has 0 radical (unpaired) electrons. The fraction of sp³-hybridized carbons (Fsp3) is 0.400. The first-order chi connectivity index (χ1) is 9.72. The molecule has 1 aliphatic rings. The van der Waals surface area contributed by atoms with Gasteiger partial charge in [0.05, 0.1) is 6.54 Å². The van der Waals surface area contributed by atoms with Crippen molar-refractivity contribution in [1.82, 2.24) is 15.4 Å². The molecular weight excluding hydrogens is 257 g/mol. The van der Waals surface area contributed by atoms with Crippen LogP contribution in [0.4, 0.5) is 4.39 Å². The van der Waals surface area contributed by atoms with Gasteiger partial charge in [0.1, 0.15) is 11.5 Å². The van der Waals surface area contributed by atoms with Crippen LogP contribution in [0.15, 0.2) is 34.9 Å². The lowest BCUT2D eigenvalue weighted by atomic mass is 10.1. The number of rotatable bonds is 3. The van der Waals surface area contributed by atoms with E-state index in [1.54, 1.807) is 12.1 Å². The maximum atomic E-state index is 12.9. The molecule has 1 atom stereocenters. The molecule has 2 heterocycles. The third-order valence-electron chi connectivity index (χ3n) is 3.70. The van der Waals surface area contributed by atoms with Gasteiger partial charge in [0, 0.05) is 37.3 Å². The summed E-state index contributed by atoms with van der Waals surface area (Å²) in [6.45, 7) is 5.97. The predicted octanol–water partition coefficient (Wildman–Crippen LogP) is 2.27. The fourth-order valence-corrected chi connectivity index (χ4v) is 2.46. The van der Waals surface area contributed by atoms with Crippen molar-refractivity contribution in [3.8, 4) is 11.3 Å². The summed E-state index contributed by atoms with van der Waals surface area (Å²) < 4.78 is 18.3. The van der Waals surface area contributed by atoms with Crippen LogP contribution in [0.25, 0.3) is 11.3 Å². The van der Waals surface area contributed by atoms with Crippen LogP contribution in [0.2, 0.25) is 0 Å². The van der Waals surface area contributed by atoms with Crippen molar-refractivity contribution in [3.05, 3.63) is 41.9 Å². The molecule has 0 bridgehead atoms. The number of aromatic nitrogens is 1. The number of nitrogens with zero attached hydrogens (tertiary/aromatic N) is 2. The Balaban J connectivity index is 1.71. The minimum absolute atomic E-state index is 0.243. The summed E-state index contributed by atoms with van der Waals surface area (Å²) in [6.07, 6.45) is 0. The SMILES string of the molecule is C[C@@H]1CNCCN1Cc1cc(-c2ccc(F)cc2)no1. The molecule has 1 saturated heterocycles. The van der Waals surface area contributed by atoms with Gasteiger partial charge in [-0.05, 0) is 31.2 Å². The highest BCUT2D eigenvalue weighted by Crippen LogP contribution is 2.20. The highest BCUT2D eigenvalue weighted by molar-refractivity contribution is 5.58. The Labute approximate surface area is 117 Å². The van der Waals surface area contributed by atoms with Gasteiger partial charge in [-0.3, -0.25) is 4.90 Å². The summed E-state index contributed by atoms with van der Waals surface area (Å²) in [5.74, 6) is 0.602. The molecule has 1 aromatic heterocycles. The van der Waals surface area contributed by atoms with Crippen LogP contribution < -0.4 is 5.32 Å². The molecule has 0 aliphatic carbocycles. The smallest absolute Gasteiger partial charge is 0.151 e. The minimum atomic E-state index is -0.243. The first kappa shape index (κ1) is 13.3. The van der Waals surface area contributed by atoms with Crippen molar-refractivity contribution >= 4 is 0 Å². The van der Waals surface area contributed by atoms with E-state index >= 15 is 0 Å². The van der Waals surface area contributed by atoms with Gasteiger partial charge in [-0.15, -0.1) is 0 Å². The molecule has 0 spiro atoms. The lowest BCUT2D eigenvalue weighted by Crippen LogP contribution is -2.49. The van der Waals surface area contributed by atoms with Crippen molar-refractivity contribution in [3.63, 3.8) is 0 Å². The van der Waals surface area contributed by atoms with Crippen LogP contribution in [-0.2, 0) is 6.54 Å². The van der Waals surface area contributed by atoms with Crippen molar-refractivity contribution in [2.24, 2.45) is 0 Å². The summed E-state index contributed by atoms with van der Waals surface area (Å²) in [5, 5.41) is 7.43. The van der Waals surface area contributed by atoms with Crippen LogP contribution >= 0.6 is 0 Å². The van der Waals surface area contributed by atoms with Gasteiger partial charge >= 0.3 is 0 Å². The van der Waals surface area contributed by atoms with Crippen LogP contribution in [0.1, 0.15) is 12.7 Å². The minimum Gasteiger partial charge on any atom is -0.359 e. The van der Waals surface area contributed by atoms with E-state index in [4.69, 9.17) is 4.52 Å². The van der Waals surface area contributed by atoms with Crippen LogP contribution in [0.3, 0.4) is 0 Å². The molecule has 106 valence electrons. The Bertz CT molecular complexity index is 567.